The van der Waals surface area contributed by atoms with Crippen molar-refractivity contribution in [2.24, 2.45) is 11.8 Å². The van der Waals surface area contributed by atoms with E-state index in [2.05, 4.69) is 34.9 Å². The van der Waals surface area contributed by atoms with Crippen molar-refractivity contribution in [3.63, 3.8) is 0 Å². The molecule has 0 saturated heterocycles. The summed E-state index contributed by atoms with van der Waals surface area (Å²) in [5.74, 6) is -1.20. The molecule has 2 amide bonds. The Morgan fingerprint density at radius 3 is 2.28 bits per heavy atom. The maximum absolute atomic E-state index is 12.3. The highest BCUT2D eigenvalue weighted by Crippen LogP contribution is 2.44. The number of hydrogen-bond acceptors (Lipinski definition) is 4. The number of carbonyl (C=O) groups excluding carboxylic acids is 2. The van der Waals surface area contributed by atoms with Crippen LogP contribution in [0.25, 0.3) is 11.1 Å². The van der Waals surface area contributed by atoms with Crippen molar-refractivity contribution in [1.82, 2.24) is 10.6 Å². The molecule has 168 valence electrons. The number of rotatable bonds is 9. The van der Waals surface area contributed by atoms with Crippen molar-refractivity contribution in [2.75, 3.05) is 13.2 Å². The predicted octanol–water partition coefficient (Wildman–Crippen LogP) is 3.53. The van der Waals surface area contributed by atoms with Crippen LogP contribution in [0.2, 0.25) is 0 Å². The lowest BCUT2D eigenvalue weighted by molar-refractivity contribution is -0.137. The van der Waals surface area contributed by atoms with Crippen LogP contribution in [-0.2, 0) is 14.3 Å². The van der Waals surface area contributed by atoms with E-state index in [0.717, 1.165) is 11.1 Å². The summed E-state index contributed by atoms with van der Waals surface area (Å²) in [6.45, 7) is 2.46. The Balaban J connectivity index is 1.24. The average Bonchev–Trinajstić information content (AvgIpc) is 3.51. The van der Waals surface area contributed by atoms with Gasteiger partial charge in [0, 0.05) is 24.4 Å². The minimum Gasteiger partial charge on any atom is -0.481 e. The summed E-state index contributed by atoms with van der Waals surface area (Å²) in [6.07, 6.45) is 0.666. The van der Waals surface area contributed by atoms with Gasteiger partial charge < -0.3 is 20.5 Å². The van der Waals surface area contributed by atoms with Gasteiger partial charge in [0.05, 0.1) is 6.42 Å². The number of benzene rings is 2. The van der Waals surface area contributed by atoms with E-state index in [1.54, 1.807) is 0 Å². The number of nitrogens with one attached hydrogen (secondary N) is 2. The summed E-state index contributed by atoms with van der Waals surface area (Å²) in [6, 6.07) is 16.0. The normalized spacial score (nSPS) is 19.4. The van der Waals surface area contributed by atoms with Gasteiger partial charge >= 0.3 is 12.1 Å². The molecule has 1 fully saturated rings. The molecule has 0 aromatic heterocycles. The van der Waals surface area contributed by atoms with Crippen molar-refractivity contribution >= 4 is 18.0 Å². The van der Waals surface area contributed by atoms with Gasteiger partial charge in [0.25, 0.3) is 0 Å². The molecule has 2 aromatic rings. The van der Waals surface area contributed by atoms with Gasteiger partial charge in [-0.1, -0.05) is 55.5 Å². The summed E-state index contributed by atoms with van der Waals surface area (Å²) in [7, 11) is 0. The molecule has 0 heterocycles. The maximum Gasteiger partial charge on any atom is 0.407 e. The highest BCUT2D eigenvalue weighted by Gasteiger charge is 2.43. The van der Waals surface area contributed by atoms with Crippen molar-refractivity contribution < 1.29 is 24.2 Å². The summed E-state index contributed by atoms with van der Waals surface area (Å²) in [4.78, 5) is 35.4. The molecule has 3 N–H and O–H groups in total. The molecular formula is C25H28N2O5. The molecule has 2 aliphatic carbocycles. The Hall–Kier alpha value is -3.35. The number of amides is 2. The molecule has 2 unspecified atom stereocenters. The first-order valence-electron chi connectivity index (χ1n) is 11.1. The number of alkyl carbamates (subject to hydrolysis) is 1. The molecule has 2 aromatic carbocycles. The van der Waals surface area contributed by atoms with Gasteiger partial charge in [-0.25, -0.2) is 4.79 Å². The largest absolute Gasteiger partial charge is 0.481 e. The summed E-state index contributed by atoms with van der Waals surface area (Å²) in [5.41, 5.74) is 4.67. The molecule has 7 nitrogen and oxygen atoms in total. The Labute approximate surface area is 187 Å². The first-order chi connectivity index (χ1) is 15.5. The van der Waals surface area contributed by atoms with Crippen LogP contribution < -0.4 is 10.6 Å². The maximum atomic E-state index is 12.3. The van der Waals surface area contributed by atoms with Crippen LogP contribution in [0.5, 0.6) is 0 Å². The first kappa shape index (κ1) is 21.9. The van der Waals surface area contributed by atoms with E-state index in [1.807, 2.05) is 31.2 Å². The van der Waals surface area contributed by atoms with Crippen molar-refractivity contribution in [1.29, 1.82) is 0 Å². The molecule has 32 heavy (non-hydrogen) atoms. The number of fused-ring (bicyclic) bond motifs is 3. The Bertz CT molecular complexity index is 975. The number of hydrogen-bond donors (Lipinski definition) is 3. The highest BCUT2D eigenvalue weighted by molar-refractivity contribution is 5.82. The van der Waals surface area contributed by atoms with Gasteiger partial charge in [0.15, 0.2) is 0 Å². The predicted molar refractivity (Wildman–Crippen MR) is 119 cm³/mol. The number of aliphatic carboxylic acids is 1. The SMILES string of the molecule is CC[C@H](CC(=O)O)NC(=O)C1CC1CNC(=O)OCC1c2ccccc2-c2ccccc21. The lowest BCUT2D eigenvalue weighted by Gasteiger charge is -2.15. The van der Waals surface area contributed by atoms with Crippen LogP contribution in [0, 0.1) is 11.8 Å². The van der Waals surface area contributed by atoms with Crippen molar-refractivity contribution in [2.45, 2.75) is 38.1 Å². The lowest BCUT2D eigenvalue weighted by Crippen LogP contribution is -2.38. The van der Waals surface area contributed by atoms with Gasteiger partial charge in [-0.3, -0.25) is 9.59 Å². The number of carbonyl (C=O) groups is 3. The molecule has 4 rings (SSSR count). The minimum atomic E-state index is -0.929. The number of ether oxygens (including phenoxy) is 1. The fourth-order valence-corrected chi connectivity index (χ4v) is 4.47. The Kier molecular flexibility index (Phi) is 6.44. The fourth-order valence-electron chi connectivity index (χ4n) is 4.47. The van der Waals surface area contributed by atoms with E-state index in [4.69, 9.17) is 9.84 Å². The van der Waals surface area contributed by atoms with E-state index in [0.29, 0.717) is 19.4 Å². The van der Waals surface area contributed by atoms with E-state index in [9.17, 15) is 14.4 Å². The lowest BCUT2D eigenvalue weighted by atomic mass is 9.98. The van der Waals surface area contributed by atoms with Crippen molar-refractivity contribution in [3.05, 3.63) is 59.7 Å². The van der Waals surface area contributed by atoms with Gasteiger partial charge in [-0.15, -0.1) is 0 Å². The fraction of sp³-hybridized carbons (Fsp3) is 0.400. The van der Waals surface area contributed by atoms with Gasteiger partial charge in [0.1, 0.15) is 6.61 Å². The monoisotopic (exact) mass is 436 g/mol. The summed E-state index contributed by atoms with van der Waals surface area (Å²) < 4.78 is 5.52. The second-order valence-corrected chi connectivity index (χ2v) is 8.52. The highest BCUT2D eigenvalue weighted by atomic mass is 16.5. The molecule has 2 aliphatic rings. The molecule has 0 spiro atoms. The van der Waals surface area contributed by atoms with E-state index < -0.39 is 12.1 Å². The van der Waals surface area contributed by atoms with E-state index in [-0.39, 0.29) is 42.7 Å². The molecular weight excluding hydrogens is 408 g/mol. The summed E-state index contributed by atoms with van der Waals surface area (Å²) in [5, 5.41) is 14.5. The van der Waals surface area contributed by atoms with E-state index >= 15 is 0 Å². The van der Waals surface area contributed by atoms with Crippen LogP contribution in [0.4, 0.5) is 4.79 Å². The molecule has 1 saturated carbocycles. The van der Waals surface area contributed by atoms with E-state index in [1.165, 1.54) is 11.1 Å². The second-order valence-electron chi connectivity index (χ2n) is 8.52. The molecule has 0 aliphatic heterocycles. The van der Waals surface area contributed by atoms with Crippen LogP contribution in [0.1, 0.15) is 43.2 Å². The summed E-state index contributed by atoms with van der Waals surface area (Å²) >= 11 is 0. The first-order valence-corrected chi connectivity index (χ1v) is 11.1. The zero-order chi connectivity index (χ0) is 22.7. The Morgan fingerprint density at radius 1 is 1.06 bits per heavy atom. The standard InChI is InChI=1S/C25H28N2O5/c1-2-16(12-23(28)29)27-24(30)21-11-15(21)13-26-25(31)32-14-22-19-9-5-3-7-17(19)18-8-4-6-10-20(18)22/h3-10,15-16,21-22H,2,11-14H2,1H3,(H,26,31)(H,27,30)(H,28,29)/t15?,16-,21?/m1/s1. The van der Waals surface area contributed by atoms with Crippen LogP contribution >= 0.6 is 0 Å². The zero-order valence-electron chi connectivity index (χ0n) is 18.0. The number of carboxylic acids is 1. The molecule has 0 radical (unpaired) electrons. The molecule has 3 atom stereocenters. The van der Waals surface area contributed by atoms with Crippen LogP contribution in [0.15, 0.2) is 48.5 Å². The average molecular weight is 437 g/mol. The minimum absolute atomic E-state index is 0.00723. The third-order valence-corrected chi connectivity index (χ3v) is 6.37. The van der Waals surface area contributed by atoms with Gasteiger partial charge in [0.2, 0.25) is 5.91 Å². The zero-order valence-corrected chi connectivity index (χ0v) is 18.0. The number of carboxylic acid groups (broad SMARTS) is 1. The van der Waals surface area contributed by atoms with Crippen molar-refractivity contribution in [3.8, 4) is 11.1 Å². The third-order valence-electron chi connectivity index (χ3n) is 6.37. The molecule has 7 heteroatoms. The van der Waals surface area contributed by atoms with Crippen LogP contribution in [0.3, 0.4) is 0 Å². The Morgan fingerprint density at radius 2 is 1.69 bits per heavy atom. The molecule has 0 bridgehead atoms. The second kappa shape index (κ2) is 9.42. The smallest absolute Gasteiger partial charge is 0.407 e. The quantitative estimate of drug-likeness (QED) is 0.558. The topological polar surface area (TPSA) is 105 Å². The third kappa shape index (κ3) is 4.77. The van der Waals surface area contributed by atoms with Gasteiger partial charge in [-0.2, -0.15) is 0 Å². The van der Waals surface area contributed by atoms with Crippen LogP contribution in [-0.4, -0.2) is 42.3 Å². The van der Waals surface area contributed by atoms with Gasteiger partial charge in [-0.05, 0) is 41.0 Å².